The zero-order valence-corrected chi connectivity index (χ0v) is 18.0. The molecule has 31 heavy (non-hydrogen) atoms. The number of anilines is 2. The molecule has 0 spiro atoms. The Morgan fingerprint density at radius 3 is 2.29 bits per heavy atom. The summed E-state index contributed by atoms with van der Waals surface area (Å²) in [6.07, 6.45) is 0. The van der Waals surface area contributed by atoms with Crippen LogP contribution in [0.4, 0.5) is 11.4 Å². The summed E-state index contributed by atoms with van der Waals surface area (Å²) < 4.78 is 32.5. The van der Waals surface area contributed by atoms with E-state index in [0.717, 1.165) is 0 Å². The minimum absolute atomic E-state index is 0.0107. The van der Waals surface area contributed by atoms with Crippen LogP contribution in [0.15, 0.2) is 77.7 Å². The van der Waals surface area contributed by atoms with Gasteiger partial charge in [-0.3, -0.25) is 9.52 Å². The first-order chi connectivity index (χ1) is 14.8. The first kappa shape index (κ1) is 22.3. The number of hydrogen-bond donors (Lipinski definition) is 2. The van der Waals surface area contributed by atoms with Crippen molar-refractivity contribution in [1.82, 2.24) is 0 Å². The molecule has 0 radical (unpaired) electrons. The second-order valence-corrected chi connectivity index (χ2v) is 8.51. The molecular formula is C22H19ClN2O5S. The largest absolute Gasteiger partial charge is 0.462 e. The monoisotopic (exact) mass is 458 g/mol. The van der Waals surface area contributed by atoms with Crippen LogP contribution in [0.1, 0.15) is 27.6 Å². The van der Waals surface area contributed by atoms with Crippen LogP contribution in [0.3, 0.4) is 0 Å². The third-order valence-electron chi connectivity index (χ3n) is 4.14. The van der Waals surface area contributed by atoms with Crippen LogP contribution in [-0.4, -0.2) is 26.9 Å². The fourth-order valence-electron chi connectivity index (χ4n) is 2.68. The molecule has 7 nitrogen and oxygen atoms in total. The number of hydrogen-bond acceptors (Lipinski definition) is 5. The Labute approximate surface area is 185 Å². The second kappa shape index (κ2) is 9.63. The topological polar surface area (TPSA) is 102 Å². The van der Waals surface area contributed by atoms with E-state index in [2.05, 4.69) is 10.0 Å². The van der Waals surface area contributed by atoms with E-state index in [1.54, 1.807) is 49.4 Å². The van der Waals surface area contributed by atoms with Gasteiger partial charge >= 0.3 is 5.97 Å². The van der Waals surface area contributed by atoms with Gasteiger partial charge in [-0.05, 0) is 67.6 Å². The van der Waals surface area contributed by atoms with Crippen molar-refractivity contribution in [2.75, 3.05) is 16.6 Å². The summed E-state index contributed by atoms with van der Waals surface area (Å²) in [5, 5.41) is 3.00. The third kappa shape index (κ3) is 5.84. The van der Waals surface area contributed by atoms with Crippen LogP contribution in [0.5, 0.6) is 0 Å². The first-order valence-electron chi connectivity index (χ1n) is 9.25. The van der Waals surface area contributed by atoms with E-state index in [0.29, 0.717) is 16.3 Å². The molecule has 0 saturated heterocycles. The maximum absolute atomic E-state index is 12.6. The molecule has 1 amide bonds. The number of halogens is 1. The molecule has 3 rings (SSSR count). The van der Waals surface area contributed by atoms with E-state index in [1.165, 1.54) is 30.3 Å². The van der Waals surface area contributed by atoms with Gasteiger partial charge in [-0.1, -0.05) is 23.7 Å². The van der Waals surface area contributed by atoms with Crippen molar-refractivity contribution in [3.8, 4) is 0 Å². The zero-order valence-electron chi connectivity index (χ0n) is 16.5. The first-order valence-corrected chi connectivity index (χ1v) is 11.1. The summed E-state index contributed by atoms with van der Waals surface area (Å²) in [7, 11) is -3.86. The van der Waals surface area contributed by atoms with Crippen molar-refractivity contribution >= 4 is 44.9 Å². The molecule has 0 fully saturated rings. The zero-order chi connectivity index (χ0) is 22.4. The molecule has 2 N–H and O–H groups in total. The maximum atomic E-state index is 12.6. The SMILES string of the molecule is CCOC(=O)c1ccc(NC(=O)c2cccc(NS(=O)(=O)c3cccc(Cl)c3)c2)cc1. The highest BCUT2D eigenvalue weighted by atomic mass is 35.5. The van der Waals surface area contributed by atoms with E-state index in [1.807, 2.05) is 0 Å². The van der Waals surface area contributed by atoms with Crippen LogP contribution in [0, 0.1) is 0 Å². The lowest BCUT2D eigenvalue weighted by Crippen LogP contribution is -2.15. The molecule has 3 aromatic rings. The quantitative estimate of drug-likeness (QED) is 0.505. The lowest BCUT2D eigenvalue weighted by molar-refractivity contribution is 0.0526. The number of sulfonamides is 1. The van der Waals surface area contributed by atoms with Crippen LogP contribution >= 0.6 is 11.6 Å². The summed E-state index contributed by atoms with van der Waals surface area (Å²) in [6.45, 7) is 1.99. The van der Waals surface area contributed by atoms with Crippen LogP contribution in [0.2, 0.25) is 5.02 Å². The number of amides is 1. The van der Waals surface area contributed by atoms with E-state index >= 15 is 0 Å². The van der Waals surface area contributed by atoms with Gasteiger partial charge in [0.05, 0.1) is 17.1 Å². The van der Waals surface area contributed by atoms with Gasteiger partial charge in [0.15, 0.2) is 0 Å². The average molecular weight is 459 g/mol. The van der Waals surface area contributed by atoms with Crippen molar-refractivity contribution in [3.05, 3.63) is 88.9 Å². The van der Waals surface area contributed by atoms with Gasteiger partial charge in [-0.15, -0.1) is 0 Å². The van der Waals surface area contributed by atoms with Crippen LogP contribution in [0.25, 0.3) is 0 Å². The number of carbonyl (C=O) groups is 2. The molecule has 0 aliphatic carbocycles. The summed E-state index contributed by atoms with van der Waals surface area (Å²) in [6, 6.07) is 18.2. The van der Waals surface area contributed by atoms with Crippen molar-refractivity contribution in [3.63, 3.8) is 0 Å². The molecule has 0 unspecified atom stereocenters. The molecule has 0 bridgehead atoms. The van der Waals surface area contributed by atoms with Crippen LogP contribution < -0.4 is 10.0 Å². The molecule has 9 heteroatoms. The predicted molar refractivity (Wildman–Crippen MR) is 119 cm³/mol. The third-order valence-corrected chi connectivity index (χ3v) is 5.75. The number of rotatable bonds is 7. The molecule has 0 aliphatic heterocycles. The fraction of sp³-hybridized carbons (Fsp3) is 0.0909. The number of nitrogens with one attached hydrogen (secondary N) is 2. The minimum atomic E-state index is -3.86. The van der Waals surface area contributed by atoms with Crippen LogP contribution in [-0.2, 0) is 14.8 Å². The smallest absolute Gasteiger partial charge is 0.338 e. The molecule has 3 aromatic carbocycles. The maximum Gasteiger partial charge on any atom is 0.338 e. The van der Waals surface area contributed by atoms with Gasteiger partial charge in [0.1, 0.15) is 0 Å². The second-order valence-electron chi connectivity index (χ2n) is 6.40. The number of carbonyl (C=O) groups excluding carboxylic acids is 2. The Hall–Kier alpha value is -3.36. The summed E-state index contributed by atoms with van der Waals surface area (Å²) >= 11 is 5.87. The number of esters is 1. The Kier molecular flexibility index (Phi) is 6.94. The van der Waals surface area contributed by atoms with Gasteiger partial charge in [0.2, 0.25) is 0 Å². The Bertz CT molecular complexity index is 1210. The molecule has 0 heterocycles. The van der Waals surface area contributed by atoms with E-state index in [9.17, 15) is 18.0 Å². The van der Waals surface area contributed by atoms with Gasteiger partial charge < -0.3 is 10.1 Å². The Balaban J connectivity index is 1.72. The average Bonchev–Trinajstić information content (AvgIpc) is 2.74. The molecular weight excluding hydrogens is 440 g/mol. The van der Waals surface area contributed by atoms with Gasteiger partial charge in [0, 0.05) is 22.0 Å². The highest BCUT2D eigenvalue weighted by Gasteiger charge is 2.16. The predicted octanol–water partition coefficient (Wildman–Crippen LogP) is 4.57. The summed E-state index contributed by atoms with van der Waals surface area (Å²) in [5.74, 6) is -0.882. The molecule has 0 saturated carbocycles. The fourth-order valence-corrected chi connectivity index (χ4v) is 4.03. The van der Waals surface area contributed by atoms with E-state index in [4.69, 9.17) is 16.3 Å². The molecule has 0 atom stereocenters. The lowest BCUT2D eigenvalue weighted by Gasteiger charge is -2.10. The van der Waals surface area contributed by atoms with E-state index < -0.39 is 21.9 Å². The van der Waals surface area contributed by atoms with Gasteiger partial charge in [0.25, 0.3) is 15.9 Å². The van der Waals surface area contributed by atoms with E-state index in [-0.39, 0.29) is 22.8 Å². The standard InChI is InChI=1S/C22H19ClN2O5S/c1-2-30-22(27)15-9-11-18(12-10-15)24-21(26)16-5-3-7-19(13-16)25-31(28,29)20-8-4-6-17(23)14-20/h3-14,25H,2H2,1H3,(H,24,26). The van der Waals surface area contributed by atoms with Crippen molar-refractivity contribution in [2.45, 2.75) is 11.8 Å². The normalized spacial score (nSPS) is 10.9. The summed E-state index contributed by atoms with van der Waals surface area (Å²) in [5.41, 5.74) is 1.33. The highest BCUT2D eigenvalue weighted by Crippen LogP contribution is 2.20. The number of benzene rings is 3. The molecule has 0 aromatic heterocycles. The number of ether oxygens (including phenoxy) is 1. The van der Waals surface area contributed by atoms with Gasteiger partial charge in [-0.2, -0.15) is 0 Å². The molecule has 160 valence electrons. The Morgan fingerprint density at radius 1 is 0.903 bits per heavy atom. The van der Waals surface area contributed by atoms with Crippen molar-refractivity contribution < 1.29 is 22.7 Å². The minimum Gasteiger partial charge on any atom is -0.462 e. The molecule has 0 aliphatic rings. The Morgan fingerprint density at radius 2 is 1.61 bits per heavy atom. The highest BCUT2D eigenvalue weighted by molar-refractivity contribution is 7.92. The van der Waals surface area contributed by atoms with Crippen molar-refractivity contribution in [1.29, 1.82) is 0 Å². The van der Waals surface area contributed by atoms with Crippen molar-refractivity contribution in [2.24, 2.45) is 0 Å². The lowest BCUT2D eigenvalue weighted by atomic mass is 10.1. The summed E-state index contributed by atoms with van der Waals surface area (Å²) in [4.78, 5) is 24.3. The van der Waals surface area contributed by atoms with Gasteiger partial charge in [-0.25, -0.2) is 13.2 Å².